The number of rotatable bonds is 6. The summed E-state index contributed by atoms with van der Waals surface area (Å²) in [5.74, 6) is -0.358. The Morgan fingerprint density at radius 2 is 1.90 bits per heavy atom. The quantitative estimate of drug-likeness (QED) is 0.349. The summed E-state index contributed by atoms with van der Waals surface area (Å²) in [5.41, 5.74) is 3.48. The summed E-state index contributed by atoms with van der Waals surface area (Å²) in [5, 5.41) is 15.2. The molecule has 0 atom stereocenters. The van der Waals surface area contributed by atoms with E-state index in [0.717, 1.165) is 21.4 Å². The number of ether oxygens (including phenoxy) is 1. The minimum atomic E-state index is -0.358. The number of carbonyl (C=O) groups is 1. The van der Waals surface area contributed by atoms with Crippen molar-refractivity contribution in [2.75, 3.05) is 5.32 Å². The lowest BCUT2D eigenvalue weighted by Crippen LogP contribution is -2.11. The van der Waals surface area contributed by atoms with Crippen LogP contribution < -0.4 is 5.32 Å². The molecule has 7 heteroatoms. The third kappa shape index (κ3) is 5.53. The average Bonchev–Trinajstić information content (AvgIpc) is 3.19. The van der Waals surface area contributed by atoms with E-state index >= 15 is 0 Å². The monoisotopic (exact) mass is 467 g/mol. The molecule has 0 aliphatic rings. The summed E-state index contributed by atoms with van der Waals surface area (Å²) in [6, 6.07) is 16.9. The van der Waals surface area contributed by atoms with Crippen molar-refractivity contribution >= 4 is 44.5 Å². The Bertz CT molecular complexity index is 1060. The van der Waals surface area contributed by atoms with Crippen LogP contribution in [0.25, 0.3) is 16.8 Å². The third-order valence-corrected chi connectivity index (χ3v) is 5.25. The van der Waals surface area contributed by atoms with Crippen molar-refractivity contribution in [1.82, 2.24) is 4.98 Å². The molecule has 0 fully saturated rings. The predicted molar refractivity (Wildman–Crippen MR) is 119 cm³/mol. The molecule has 0 saturated heterocycles. The molecule has 0 radical (unpaired) electrons. The Labute approximate surface area is 181 Å². The molecule has 1 N–H and O–H groups in total. The van der Waals surface area contributed by atoms with Crippen molar-refractivity contribution in [3.8, 4) is 17.3 Å². The normalized spacial score (nSPS) is 11.2. The number of hydrogen-bond donors (Lipinski definition) is 1. The molecule has 0 bridgehead atoms. The molecule has 2 aromatic carbocycles. The van der Waals surface area contributed by atoms with Crippen molar-refractivity contribution in [3.05, 3.63) is 75.2 Å². The van der Waals surface area contributed by atoms with E-state index in [9.17, 15) is 10.1 Å². The van der Waals surface area contributed by atoms with E-state index in [-0.39, 0.29) is 12.1 Å². The number of halogens is 1. The third-order valence-electron chi connectivity index (χ3n) is 3.84. The molecule has 0 spiro atoms. The number of thiazole rings is 1. The van der Waals surface area contributed by atoms with Gasteiger partial charge in [-0.1, -0.05) is 28.1 Å². The van der Waals surface area contributed by atoms with E-state index in [1.165, 1.54) is 11.3 Å². The standard InChI is InChI=1S/C22H18BrN3O2S/c1-14(2)28-22(27)16-5-9-19(10-6-16)25-12-17(11-24)21-26-20(13-29-21)15-3-7-18(23)8-4-15/h3-10,12-14,25H,1-2H3. The van der Waals surface area contributed by atoms with Crippen LogP contribution in [0, 0.1) is 11.3 Å². The Balaban J connectivity index is 1.72. The zero-order valence-corrected chi connectivity index (χ0v) is 18.3. The van der Waals surface area contributed by atoms with Gasteiger partial charge < -0.3 is 10.1 Å². The van der Waals surface area contributed by atoms with E-state index < -0.39 is 0 Å². The number of benzene rings is 2. The van der Waals surface area contributed by atoms with Gasteiger partial charge in [0.25, 0.3) is 0 Å². The highest BCUT2D eigenvalue weighted by molar-refractivity contribution is 9.10. The molecule has 0 amide bonds. The fourth-order valence-electron chi connectivity index (χ4n) is 2.43. The lowest BCUT2D eigenvalue weighted by Gasteiger charge is -2.08. The smallest absolute Gasteiger partial charge is 0.338 e. The fraction of sp³-hybridized carbons (Fsp3) is 0.136. The first-order chi connectivity index (χ1) is 14.0. The second kappa shape index (κ2) is 9.50. The van der Waals surface area contributed by atoms with Crippen molar-refractivity contribution in [3.63, 3.8) is 0 Å². The number of nitrogens with zero attached hydrogens (tertiary/aromatic N) is 2. The van der Waals surface area contributed by atoms with Crippen LogP contribution in [0.15, 0.2) is 64.6 Å². The van der Waals surface area contributed by atoms with Gasteiger partial charge in [0.2, 0.25) is 0 Å². The number of esters is 1. The maximum Gasteiger partial charge on any atom is 0.338 e. The summed E-state index contributed by atoms with van der Waals surface area (Å²) in [4.78, 5) is 16.5. The van der Waals surface area contributed by atoms with Crippen LogP contribution in [0.3, 0.4) is 0 Å². The van der Waals surface area contributed by atoms with Crippen molar-refractivity contribution in [2.45, 2.75) is 20.0 Å². The number of hydrogen-bond acceptors (Lipinski definition) is 6. The highest BCUT2D eigenvalue weighted by Gasteiger charge is 2.10. The van der Waals surface area contributed by atoms with Gasteiger partial charge in [0, 0.05) is 27.3 Å². The molecule has 1 aromatic heterocycles. The molecule has 0 saturated carbocycles. The molecule has 0 aliphatic heterocycles. The number of carbonyl (C=O) groups excluding carboxylic acids is 1. The number of nitriles is 1. The van der Waals surface area contributed by atoms with E-state index in [1.807, 2.05) is 43.5 Å². The molecule has 29 heavy (non-hydrogen) atoms. The minimum absolute atomic E-state index is 0.165. The van der Waals surface area contributed by atoms with Crippen molar-refractivity contribution in [1.29, 1.82) is 5.26 Å². The topological polar surface area (TPSA) is 75.0 Å². The van der Waals surface area contributed by atoms with Gasteiger partial charge in [-0.15, -0.1) is 11.3 Å². The number of nitrogens with one attached hydrogen (secondary N) is 1. The molecular formula is C22H18BrN3O2S. The summed E-state index contributed by atoms with van der Waals surface area (Å²) in [6.45, 7) is 3.62. The molecule has 0 aliphatic carbocycles. The molecule has 146 valence electrons. The number of allylic oxidation sites excluding steroid dienone is 1. The van der Waals surface area contributed by atoms with Gasteiger partial charge in [-0.3, -0.25) is 0 Å². The van der Waals surface area contributed by atoms with Crippen LogP contribution in [-0.4, -0.2) is 17.1 Å². The van der Waals surface area contributed by atoms with Gasteiger partial charge >= 0.3 is 5.97 Å². The summed E-state index contributed by atoms with van der Waals surface area (Å²) < 4.78 is 6.17. The Morgan fingerprint density at radius 1 is 1.21 bits per heavy atom. The van der Waals surface area contributed by atoms with Crippen LogP contribution in [0.5, 0.6) is 0 Å². The molecule has 0 unspecified atom stereocenters. The van der Waals surface area contributed by atoms with Crippen LogP contribution >= 0.6 is 27.3 Å². The van der Waals surface area contributed by atoms with E-state index in [1.54, 1.807) is 30.5 Å². The van der Waals surface area contributed by atoms with E-state index in [0.29, 0.717) is 16.1 Å². The Morgan fingerprint density at radius 3 is 2.52 bits per heavy atom. The first-order valence-electron chi connectivity index (χ1n) is 8.86. The molecule has 3 aromatic rings. The van der Waals surface area contributed by atoms with Gasteiger partial charge in [0.05, 0.1) is 17.4 Å². The van der Waals surface area contributed by atoms with Crippen LogP contribution in [0.1, 0.15) is 29.2 Å². The van der Waals surface area contributed by atoms with Crippen LogP contribution in [0.4, 0.5) is 5.69 Å². The predicted octanol–water partition coefficient (Wildman–Crippen LogP) is 6.11. The van der Waals surface area contributed by atoms with E-state index in [4.69, 9.17) is 4.74 Å². The van der Waals surface area contributed by atoms with Crippen molar-refractivity contribution < 1.29 is 9.53 Å². The van der Waals surface area contributed by atoms with Crippen molar-refractivity contribution in [2.24, 2.45) is 0 Å². The number of aromatic nitrogens is 1. The van der Waals surface area contributed by atoms with Gasteiger partial charge in [-0.05, 0) is 50.2 Å². The van der Waals surface area contributed by atoms with Gasteiger partial charge in [0.15, 0.2) is 0 Å². The maximum absolute atomic E-state index is 11.9. The Hall–Kier alpha value is -2.95. The van der Waals surface area contributed by atoms with E-state index in [2.05, 4.69) is 32.3 Å². The fourth-order valence-corrected chi connectivity index (χ4v) is 3.49. The van der Waals surface area contributed by atoms with Gasteiger partial charge in [-0.2, -0.15) is 5.26 Å². The first kappa shape index (κ1) is 20.8. The zero-order valence-electron chi connectivity index (χ0n) is 15.8. The SMILES string of the molecule is CC(C)OC(=O)c1ccc(NC=C(C#N)c2nc(-c3ccc(Br)cc3)cs2)cc1. The molecule has 1 heterocycles. The maximum atomic E-state index is 11.9. The zero-order chi connectivity index (χ0) is 20.8. The Kier molecular flexibility index (Phi) is 6.81. The van der Waals surface area contributed by atoms with Crippen LogP contribution in [-0.2, 0) is 4.74 Å². The second-order valence-corrected chi connectivity index (χ2v) is 8.16. The largest absolute Gasteiger partial charge is 0.459 e. The summed E-state index contributed by atoms with van der Waals surface area (Å²) in [6.07, 6.45) is 1.45. The molecule has 3 rings (SSSR count). The molecular weight excluding hydrogens is 450 g/mol. The van der Waals surface area contributed by atoms with Gasteiger partial charge in [-0.25, -0.2) is 9.78 Å². The first-order valence-corrected chi connectivity index (χ1v) is 10.5. The van der Waals surface area contributed by atoms with Crippen LogP contribution in [0.2, 0.25) is 0 Å². The molecule has 5 nitrogen and oxygen atoms in total. The van der Waals surface area contributed by atoms with Gasteiger partial charge in [0.1, 0.15) is 16.6 Å². The lowest BCUT2D eigenvalue weighted by atomic mass is 10.2. The highest BCUT2D eigenvalue weighted by Crippen LogP contribution is 2.27. The second-order valence-electron chi connectivity index (χ2n) is 6.39. The lowest BCUT2D eigenvalue weighted by molar-refractivity contribution is 0.0378. The number of anilines is 1. The summed E-state index contributed by atoms with van der Waals surface area (Å²) in [7, 11) is 0. The average molecular weight is 468 g/mol. The summed E-state index contributed by atoms with van der Waals surface area (Å²) >= 11 is 4.83. The minimum Gasteiger partial charge on any atom is -0.459 e. The highest BCUT2D eigenvalue weighted by atomic mass is 79.9.